The van der Waals surface area contributed by atoms with Gasteiger partial charge < -0.3 is 0 Å². The molecule has 0 amide bonds. The number of sulfonamides is 1. The van der Waals surface area contributed by atoms with E-state index < -0.39 is 78.5 Å². The Morgan fingerprint density at radius 2 is 1.18 bits per heavy atom. The Balaban J connectivity index is 2.33. The predicted octanol–water partition coefficient (Wildman–Crippen LogP) is 6.75. The standard InChI is InChI=1S/C20H9F10NO2S/c21-14-13(9-6-7-11(19(25,26)27)12(8-9)20(28,29)30)18(17(24)16(23)15(14)22)31-34(32,33)10-4-2-1-3-5-10/h1-8,31H. The SMILES string of the molecule is O=S(=O)(Nc1c(F)c(F)c(F)c(F)c1-c1ccc(C(F)(F)F)c(C(F)(F)F)c1)c1ccccc1. The summed E-state index contributed by atoms with van der Waals surface area (Å²) >= 11 is 0. The highest BCUT2D eigenvalue weighted by Gasteiger charge is 2.43. The average Bonchev–Trinajstić information content (AvgIpc) is 2.75. The lowest BCUT2D eigenvalue weighted by atomic mass is 9.96. The van der Waals surface area contributed by atoms with Gasteiger partial charge in [0.05, 0.1) is 21.7 Å². The Labute approximate surface area is 184 Å². The third kappa shape index (κ3) is 4.67. The zero-order valence-corrected chi connectivity index (χ0v) is 16.9. The van der Waals surface area contributed by atoms with Crippen molar-refractivity contribution < 1.29 is 52.3 Å². The van der Waals surface area contributed by atoms with Crippen molar-refractivity contribution in [2.75, 3.05) is 4.72 Å². The highest BCUT2D eigenvalue weighted by molar-refractivity contribution is 7.92. The van der Waals surface area contributed by atoms with E-state index in [1.54, 1.807) is 0 Å². The Kier molecular flexibility index (Phi) is 6.33. The van der Waals surface area contributed by atoms with Gasteiger partial charge >= 0.3 is 12.4 Å². The van der Waals surface area contributed by atoms with Gasteiger partial charge in [0, 0.05) is 5.56 Å². The summed E-state index contributed by atoms with van der Waals surface area (Å²) in [6.45, 7) is 0. The van der Waals surface area contributed by atoms with E-state index >= 15 is 0 Å². The highest BCUT2D eigenvalue weighted by Crippen LogP contribution is 2.44. The molecule has 0 aliphatic heterocycles. The fourth-order valence-electron chi connectivity index (χ4n) is 2.97. The molecule has 182 valence electrons. The zero-order chi connectivity index (χ0) is 25.6. The lowest BCUT2D eigenvalue weighted by molar-refractivity contribution is -0.162. The van der Waals surface area contributed by atoms with Crippen molar-refractivity contribution in [3.05, 3.63) is 82.9 Å². The van der Waals surface area contributed by atoms with Crippen LogP contribution in [-0.4, -0.2) is 8.42 Å². The van der Waals surface area contributed by atoms with Crippen molar-refractivity contribution in [1.82, 2.24) is 0 Å². The van der Waals surface area contributed by atoms with Gasteiger partial charge in [0.15, 0.2) is 23.3 Å². The molecular weight excluding hydrogens is 508 g/mol. The van der Waals surface area contributed by atoms with Crippen LogP contribution in [0.15, 0.2) is 53.4 Å². The maximum absolute atomic E-state index is 14.6. The maximum atomic E-state index is 14.6. The topological polar surface area (TPSA) is 46.2 Å². The minimum atomic E-state index is -5.65. The summed E-state index contributed by atoms with van der Waals surface area (Å²) in [5.41, 5.74) is -8.97. The number of rotatable bonds is 4. The number of hydrogen-bond acceptors (Lipinski definition) is 2. The molecule has 0 aliphatic carbocycles. The van der Waals surface area contributed by atoms with Crippen molar-refractivity contribution >= 4 is 15.7 Å². The van der Waals surface area contributed by atoms with Gasteiger partial charge in [-0.05, 0) is 29.8 Å². The second-order valence-electron chi connectivity index (χ2n) is 6.68. The number of anilines is 1. The Hall–Kier alpha value is -3.29. The normalized spacial score (nSPS) is 12.6. The first-order valence-electron chi connectivity index (χ1n) is 8.78. The molecule has 0 heterocycles. The van der Waals surface area contributed by atoms with Crippen LogP contribution in [0.5, 0.6) is 0 Å². The smallest absolute Gasteiger partial charge is 0.276 e. The van der Waals surface area contributed by atoms with Crippen LogP contribution in [0.3, 0.4) is 0 Å². The van der Waals surface area contributed by atoms with Crippen molar-refractivity contribution in [3.8, 4) is 11.1 Å². The van der Waals surface area contributed by atoms with Gasteiger partial charge in [0.25, 0.3) is 10.0 Å². The molecule has 0 spiro atoms. The molecule has 3 nitrogen and oxygen atoms in total. The summed E-state index contributed by atoms with van der Waals surface area (Å²) in [7, 11) is -4.83. The van der Waals surface area contributed by atoms with Crippen LogP contribution in [-0.2, 0) is 22.4 Å². The third-order valence-electron chi connectivity index (χ3n) is 4.48. The van der Waals surface area contributed by atoms with Crippen molar-refractivity contribution in [1.29, 1.82) is 0 Å². The molecule has 0 atom stereocenters. The van der Waals surface area contributed by atoms with Crippen LogP contribution >= 0.6 is 0 Å². The minimum absolute atomic E-state index is 0.133. The maximum Gasteiger partial charge on any atom is 0.417 e. The summed E-state index contributed by atoms with van der Waals surface area (Å²) < 4.78 is 162. The van der Waals surface area contributed by atoms with Gasteiger partial charge in [0.2, 0.25) is 0 Å². The molecule has 0 aromatic heterocycles. The van der Waals surface area contributed by atoms with E-state index in [0.29, 0.717) is 0 Å². The first-order valence-corrected chi connectivity index (χ1v) is 10.3. The fourth-order valence-corrected chi connectivity index (χ4v) is 4.07. The van der Waals surface area contributed by atoms with Gasteiger partial charge in [-0.25, -0.2) is 26.0 Å². The molecule has 0 fully saturated rings. The van der Waals surface area contributed by atoms with Gasteiger partial charge in [-0.2, -0.15) is 26.3 Å². The quantitative estimate of drug-likeness (QED) is 0.237. The Morgan fingerprint density at radius 1 is 0.647 bits per heavy atom. The molecule has 0 unspecified atom stereocenters. The van der Waals surface area contributed by atoms with Crippen molar-refractivity contribution in [3.63, 3.8) is 0 Å². The monoisotopic (exact) mass is 517 g/mol. The molecule has 34 heavy (non-hydrogen) atoms. The Bertz CT molecular complexity index is 1350. The van der Waals surface area contributed by atoms with Crippen LogP contribution in [0.25, 0.3) is 11.1 Å². The molecule has 3 aromatic carbocycles. The molecule has 1 N–H and O–H groups in total. The van der Waals surface area contributed by atoms with Crippen LogP contribution in [0.1, 0.15) is 11.1 Å². The van der Waals surface area contributed by atoms with Gasteiger partial charge in [-0.15, -0.1) is 0 Å². The number of hydrogen-bond donors (Lipinski definition) is 1. The largest absolute Gasteiger partial charge is 0.417 e. The van der Waals surface area contributed by atoms with Crippen molar-refractivity contribution in [2.24, 2.45) is 0 Å². The molecule has 3 rings (SSSR count). The first kappa shape index (κ1) is 25.3. The summed E-state index contributed by atoms with van der Waals surface area (Å²) in [4.78, 5) is -0.575. The van der Waals surface area contributed by atoms with Crippen LogP contribution in [0.4, 0.5) is 49.6 Å². The highest BCUT2D eigenvalue weighted by atomic mass is 32.2. The number of alkyl halides is 6. The van der Waals surface area contributed by atoms with E-state index in [2.05, 4.69) is 0 Å². The molecule has 0 saturated carbocycles. The Morgan fingerprint density at radius 3 is 1.71 bits per heavy atom. The van der Waals surface area contributed by atoms with Crippen LogP contribution < -0.4 is 4.72 Å². The van der Waals surface area contributed by atoms with Crippen molar-refractivity contribution in [2.45, 2.75) is 17.2 Å². The average molecular weight is 517 g/mol. The number of benzene rings is 3. The second-order valence-corrected chi connectivity index (χ2v) is 8.36. The van der Waals surface area contributed by atoms with E-state index in [1.807, 2.05) is 0 Å². The molecule has 0 aliphatic rings. The molecule has 0 radical (unpaired) electrons. The molecule has 0 bridgehead atoms. The number of halogens is 10. The van der Waals surface area contributed by atoms with Crippen LogP contribution in [0, 0.1) is 23.3 Å². The first-order chi connectivity index (χ1) is 15.6. The summed E-state index contributed by atoms with van der Waals surface area (Å²) in [5, 5.41) is 0. The van der Waals surface area contributed by atoms with Crippen LogP contribution in [0.2, 0.25) is 0 Å². The van der Waals surface area contributed by atoms with E-state index in [4.69, 9.17) is 0 Å². The van der Waals surface area contributed by atoms with Gasteiger partial charge in [0.1, 0.15) is 0 Å². The van der Waals surface area contributed by atoms with Gasteiger partial charge in [-0.1, -0.05) is 24.3 Å². The van der Waals surface area contributed by atoms with E-state index in [1.165, 1.54) is 22.9 Å². The molecule has 14 heteroatoms. The molecular formula is C20H9F10NO2S. The molecule has 3 aromatic rings. The minimum Gasteiger partial charge on any atom is -0.276 e. The lowest BCUT2D eigenvalue weighted by Gasteiger charge is -2.19. The summed E-state index contributed by atoms with van der Waals surface area (Å²) in [6.07, 6.45) is -11.2. The number of nitrogens with one attached hydrogen (secondary N) is 1. The summed E-state index contributed by atoms with van der Waals surface area (Å²) in [5.74, 6) is -9.70. The predicted molar refractivity (Wildman–Crippen MR) is 99.0 cm³/mol. The fraction of sp³-hybridized carbons (Fsp3) is 0.100. The van der Waals surface area contributed by atoms with E-state index in [-0.39, 0.29) is 18.2 Å². The third-order valence-corrected chi connectivity index (χ3v) is 5.84. The molecule has 0 saturated heterocycles. The zero-order valence-electron chi connectivity index (χ0n) is 16.1. The van der Waals surface area contributed by atoms with E-state index in [9.17, 15) is 52.3 Å². The lowest BCUT2D eigenvalue weighted by Crippen LogP contribution is -2.18. The summed E-state index contributed by atoms with van der Waals surface area (Å²) in [6, 6.07) is 5.56. The van der Waals surface area contributed by atoms with E-state index in [0.717, 1.165) is 12.1 Å². The second kappa shape index (κ2) is 8.49. The van der Waals surface area contributed by atoms with Gasteiger partial charge in [-0.3, -0.25) is 4.72 Å².